The Balaban J connectivity index is 1.46. The number of benzene rings is 3. The molecule has 182 valence electrons. The maximum atomic E-state index is 12.7. The number of amides is 2. The second-order valence-corrected chi connectivity index (χ2v) is 9.51. The van der Waals surface area contributed by atoms with Gasteiger partial charge in [-0.1, -0.05) is 61.8 Å². The average molecular weight is 493 g/mol. The van der Waals surface area contributed by atoms with Crippen LogP contribution in [0.25, 0.3) is 0 Å². The van der Waals surface area contributed by atoms with Crippen molar-refractivity contribution < 1.29 is 14.6 Å². The molecule has 0 radical (unpaired) electrons. The van der Waals surface area contributed by atoms with Gasteiger partial charge in [0.05, 0.1) is 23.0 Å². The molecular weight excluding hydrogens is 464 g/mol. The van der Waals surface area contributed by atoms with Crippen molar-refractivity contribution in [2.24, 2.45) is 5.10 Å². The number of urea groups is 1. The number of anilines is 3. The van der Waals surface area contributed by atoms with Gasteiger partial charge in [0.2, 0.25) is 0 Å². The van der Waals surface area contributed by atoms with Crippen molar-refractivity contribution in [3.8, 4) is 5.75 Å². The van der Waals surface area contributed by atoms with Crippen LogP contribution in [-0.2, 0) is 5.41 Å². The van der Waals surface area contributed by atoms with Gasteiger partial charge in [0, 0.05) is 23.2 Å². The van der Waals surface area contributed by atoms with Crippen molar-refractivity contribution in [2.45, 2.75) is 38.8 Å². The van der Waals surface area contributed by atoms with Gasteiger partial charge in [-0.15, -0.1) is 0 Å². The number of nitrogens with one attached hydrogen (secondary N) is 2. The molecule has 1 aliphatic rings. The second kappa shape index (κ2) is 10.4. The minimum absolute atomic E-state index is 0.0382. The highest BCUT2D eigenvalue weighted by molar-refractivity contribution is 6.33. The summed E-state index contributed by atoms with van der Waals surface area (Å²) in [5, 5.41) is 22.2. The highest BCUT2D eigenvalue weighted by atomic mass is 35.5. The number of para-hydroxylation sites is 3. The van der Waals surface area contributed by atoms with Gasteiger partial charge in [-0.3, -0.25) is 0 Å². The SMILES string of the molecule is CC1=NN(c2ccccc2Cl)C(Oc2ccccc2NC(=O)Nc2ccc(C(C)(C)CO)cc2)C1. The Hall–Kier alpha value is -3.55. The number of hydrogen-bond acceptors (Lipinski definition) is 5. The number of carbonyl (C=O) groups excluding carboxylic acids is 1. The summed E-state index contributed by atoms with van der Waals surface area (Å²) in [4.78, 5) is 12.7. The number of halogens is 1. The predicted octanol–water partition coefficient (Wildman–Crippen LogP) is 6.25. The van der Waals surface area contributed by atoms with Gasteiger partial charge in [0.1, 0.15) is 5.75 Å². The molecule has 8 heteroatoms. The zero-order valence-electron chi connectivity index (χ0n) is 20.0. The van der Waals surface area contributed by atoms with Gasteiger partial charge in [0.15, 0.2) is 6.23 Å². The quantitative estimate of drug-likeness (QED) is 0.364. The highest BCUT2D eigenvalue weighted by Gasteiger charge is 2.29. The first-order valence-electron chi connectivity index (χ1n) is 11.4. The van der Waals surface area contributed by atoms with Gasteiger partial charge in [-0.25, -0.2) is 9.80 Å². The number of ether oxygens (including phenoxy) is 1. The Kier molecular flexibility index (Phi) is 7.28. The maximum Gasteiger partial charge on any atom is 0.323 e. The van der Waals surface area contributed by atoms with Gasteiger partial charge < -0.3 is 20.5 Å². The third kappa shape index (κ3) is 5.75. The molecule has 0 spiro atoms. The van der Waals surface area contributed by atoms with Gasteiger partial charge in [0.25, 0.3) is 0 Å². The number of rotatable bonds is 7. The van der Waals surface area contributed by atoms with Crippen LogP contribution in [0.3, 0.4) is 0 Å². The number of aliphatic hydroxyl groups excluding tert-OH is 1. The molecule has 0 saturated carbocycles. The Labute approximate surface area is 210 Å². The molecule has 0 saturated heterocycles. The molecule has 0 bridgehead atoms. The van der Waals surface area contributed by atoms with E-state index < -0.39 is 12.3 Å². The van der Waals surface area contributed by atoms with E-state index >= 15 is 0 Å². The lowest BCUT2D eigenvalue weighted by molar-refractivity contribution is 0.214. The molecule has 0 fully saturated rings. The Morgan fingerprint density at radius 1 is 1.09 bits per heavy atom. The molecule has 0 aromatic heterocycles. The molecule has 4 rings (SSSR count). The first kappa shape index (κ1) is 24.6. The summed E-state index contributed by atoms with van der Waals surface area (Å²) >= 11 is 6.40. The van der Waals surface area contributed by atoms with Crippen LogP contribution in [0.2, 0.25) is 5.02 Å². The summed E-state index contributed by atoms with van der Waals surface area (Å²) in [5.41, 5.74) is 3.49. The summed E-state index contributed by atoms with van der Waals surface area (Å²) < 4.78 is 6.30. The first-order valence-corrected chi connectivity index (χ1v) is 11.8. The Bertz CT molecular complexity index is 1230. The van der Waals surface area contributed by atoms with Crippen LogP contribution in [0.4, 0.5) is 21.9 Å². The van der Waals surface area contributed by atoms with E-state index in [1.54, 1.807) is 17.1 Å². The van der Waals surface area contributed by atoms with Crippen molar-refractivity contribution in [1.82, 2.24) is 0 Å². The second-order valence-electron chi connectivity index (χ2n) is 9.10. The van der Waals surface area contributed by atoms with Crippen molar-refractivity contribution in [1.29, 1.82) is 0 Å². The minimum Gasteiger partial charge on any atom is -0.466 e. The minimum atomic E-state index is -0.400. The molecular formula is C27H29ClN4O3. The van der Waals surface area contributed by atoms with E-state index in [0.717, 1.165) is 17.0 Å². The third-order valence-electron chi connectivity index (χ3n) is 5.84. The molecule has 1 aliphatic heterocycles. The van der Waals surface area contributed by atoms with Crippen LogP contribution in [-0.4, -0.2) is 29.7 Å². The van der Waals surface area contributed by atoms with Crippen LogP contribution < -0.4 is 20.4 Å². The molecule has 2 amide bonds. The highest BCUT2D eigenvalue weighted by Crippen LogP contribution is 2.34. The van der Waals surface area contributed by atoms with Crippen LogP contribution in [0.1, 0.15) is 32.8 Å². The third-order valence-corrected chi connectivity index (χ3v) is 6.16. The average Bonchev–Trinajstić information content (AvgIpc) is 3.20. The van der Waals surface area contributed by atoms with E-state index in [0.29, 0.717) is 28.6 Å². The Morgan fingerprint density at radius 3 is 2.49 bits per heavy atom. The summed E-state index contributed by atoms with van der Waals surface area (Å²) in [6.07, 6.45) is 0.200. The monoisotopic (exact) mass is 492 g/mol. The summed E-state index contributed by atoms with van der Waals surface area (Å²) in [5.74, 6) is 0.523. The van der Waals surface area contributed by atoms with Crippen molar-refractivity contribution in [3.63, 3.8) is 0 Å². The molecule has 1 heterocycles. The van der Waals surface area contributed by atoms with E-state index in [4.69, 9.17) is 16.3 Å². The van der Waals surface area contributed by atoms with Crippen molar-refractivity contribution >= 4 is 40.4 Å². The summed E-state index contributed by atoms with van der Waals surface area (Å²) in [6.45, 7) is 5.90. The zero-order chi connectivity index (χ0) is 25.0. The van der Waals surface area contributed by atoms with Gasteiger partial charge >= 0.3 is 6.03 Å². The number of hydrazone groups is 1. The van der Waals surface area contributed by atoms with Gasteiger partial charge in [-0.2, -0.15) is 5.10 Å². The molecule has 0 aliphatic carbocycles. The van der Waals surface area contributed by atoms with E-state index in [-0.39, 0.29) is 12.0 Å². The van der Waals surface area contributed by atoms with E-state index in [1.807, 2.05) is 81.4 Å². The topological polar surface area (TPSA) is 86.2 Å². The van der Waals surface area contributed by atoms with Crippen LogP contribution in [0, 0.1) is 0 Å². The fraction of sp³-hybridized carbons (Fsp3) is 0.259. The molecule has 3 aromatic rings. The van der Waals surface area contributed by atoms with E-state index in [2.05, 4.69) is 15.7 Å². The Morgan fingerprint density at radius 2 is 1.77 bits per heavy atom. The first-order chi connectivity index (χ1) is 16.8. The van der Waals surface area contributed by atoms with Gasteiger partial charge in [-0.05, 0) is 48.9 Å². The lowest BCUT2D eigenvalue weighted by Gasteiger charge is -2.26. The molecule has 3 N–H and O–H groups in total. The molecule has 3 aromatic carbocycles. The molecule has 1 unspecified atom stereocenters. The molecule has 1 atom stereocenters. The number of hydrogen-bond donors (Lipinski definition) is 3. The van der Waals surface area contributed by atoms with Crippen LogP contribution >= 0.6 is 11.6 Å². The molecule has 35 heavy (non-hydrogen) atoms. The fourth-order valence-electron chi connectivity index (χ4n) is 3.77. The van der Waals surface area contributed by atoms with E-state index in [9.17, 15) is 9.90 Å². The lowest BCUT2D eigenvalue weighted by Crippen LogP contribution is -2.32. The zero-order valence-corrected chi connectivity index (χ0v) is 20.7. The van der Waals surface area contributed by atoms with Crippen LogP contribution in [0.5, 0.6) is 5.75 Å². The standard InChI is InChI=1S/C27H29ClN4O3/c1-18-16-25(32(31-18)23-10-6-4-8-21(23)28)35-24-11-7-5-9-22(24)30-26(34)29-20-14-12-19(13-15-20)27(2,3)17-33/h4-15,25,33H,16-17H2,1-3H3,(H2,29,30,34). The predicted molar refractivity (Wildman–Crippen MR) is 142 cm³/mol. The van der Waals surface area contributed by atoms with Crippen molar-refractivity contribution in [3.05, 3.63) is 83.4 Å². The lowest BCUT2D eigenvalue weighted by atomic mass is 9.86. The van der Waals surface area contributed by atoms with Crippen LogP contribution in [0.15, 0.2) is 77.9 Å². The molecule has 7 nitrogen and oxygen atoms in total. The number of carbonyl (C=O) groups is 1. The normalized spacial score (nSPS) is 15.5. The maximum absolute atomic E-state index is 12.7. The van der Waals surface area contributed by atoms with E-state index in [1.165, 1.54) is 0 Å². The largest absolute Gasteiger partial charge is 0.466 e. The van der Waals surface area contributed by atoms with Crippen molar-refractivity contribution in [2.75, 3.05) is 22.2 Å². The fourth-order valence-corrected chi connectivity index (χ4v) is 3.99. The summed E-state index contributed by atoms with van der Waals surface area (Å²) in [7, 11) is 0. The smallest absolute Gasteiger partial charge is 0.323 e. The summed E-state index contributed by atoms with van der Waals surface area (Å²) in [6, 6.07) is 21.8. The number of aliphatic hydroxyl groups is 1. The number of nitrogens with zero attached hydrogens (tertiary/aromatic N) is 2.